The summed E-state index contributed by atoms with van der Waals surface area (Å²) >= 11 is 6.25. The Kier molecular flexibility index (Phi) is 8.74. The highest BCUT2D eigenvalue weighted by atomic mass is 35.5. The number of nitrogens with zero attached hydrogens (tertiary/aromatic N) is 4. The Balaban J connectivity index is 1.59. The summed E-state index contributed by atoms with van der Waals surface area (Å²) in [4.78, 5) is 18.3. The maximum Gasteiger partial charge on any atom is 0.249 e. The van der Waals surface area contributed by atoms with Crippen LogP contribution in [0.4, 0.5) is 23.1 Å². The predicted octanol–water partition coefficient (Wildman–Crippen LogP) is 4.09. The zero-order chi connectivity index (χ0) is 27.5. The third kappa shape index (κ3) is 6.02. The lowest BCUT2D eigenvalue weighted by atomic mass is 10.3. The number of halogens is 1. The molecule has 38 heavy (non-hydrogen) atoms. The highest BCUT2D eigenvalue weighted by molar-refractivity contribution is 7.92. The number of anilines is 4. The molecule has 0 unspecified atom stereocenters. The quantitative estimate of drug-likeness (QED) is 0.319. The van der Waals surface area contributed by atoms with Crippen LogP contribution in [0.1, 0.15) is 20.8 Å². The molecule has 3 N–H and O–H groups in total. The molecule has 0 saturated carbocycles. The molecule has 0 atom stereocenters. The first-order valence-corrected chi connectivity index (χ1v) is 16.4. The molecule has 0 amide bonds. The molecule has 1 saturated heterocycles. The van der Waals surface area contributed by atoms with Crippen molar-refractivity contribution in [1.82, 2.24) is 20.1 Å². The molecule has 0 bridgehead atoms. The van der Waals surface area contributed by atoms with Crippen LogP contribution < -0.4 is 20.7 Å². The highest BCUT2D eigenvalue weighted by Gasteiger charge is 2.32. The maximum atomic E-state index is 12.8. The lowest BCUT2D eigenvalue weighted by molar-refractivity contribution is 0.308. The number of hydrogen-bond acceptors (Lipinski definition) is 10. The first kappa shape index (κ1) is 28.4. The average Bonchev–Trinajstić information content (AvgIpc) is 2.91. The molecule has 1 fully saturated rings. The van der Waals surface area contributed by atoms with Gasteiger partial charge in [-0.2, -0.15) is 4.98 Å². The minimum Gasteiger partial charge on any atom is -0.495 e. The highest BCUT2D eigenvalue weighted by Crippen LogP contribution is 2.55. The van der Waals surface area contributed by atoms with Gasteiger partial charge in [0.05, 0.1) is 28.6 Å². The second kappa shape index (κ2) is 11.7. The van der Waals surface area contributed by atoms with Crippen LogP contribution in [0.25, 0.3) is 0 Å². The first-order chi connectivity index (χ1) is 18.1. The Hall–Kier alpha value is -2.56. The van der Waals surface area contributed by atoms with E-state index < -0.39 is 22.6 Å². The second-order valence-electron chi connectivity index (χ2n) is 9.30. The van der Waals surface area contributed by atoms with Gasteiger partial charge in [0, 0.05) is 38.2 Å². The molecule has 3 aromatic rings. The van der Waals surface area contributed by atoms with E-state index in [1.165, 1.54) is 6.07 Å². The fraction of sp³-hybridized carbons (Fsp3) is 0.400. The molecule has 1 aromatic heterocycles. The van der Waals surface area contributed by atoms with Crippen molar-refractivity contribution in [2.45, 2.75) is 30.9 Å². The standard InChI is InChI=1S/C25H33ClN6O4PS/c1-5-32-12-14-37(33,15-13-32)18-10-11-19(21(16-18)36-4)28-25-29-24(23(26)30-31-25)27-20-8-6-7-9-22(20)38(34,35)17(2)3/h6-11,16-17,33H,5,12-15H2,1-4H3,(H2,27,28,29,31). The van der Waals surface area contributed by atoms with Crippen molar-refractivity contribution in [2.24, 2.45) is 0 Å². The average molecular weight is 580 g/mol. The van der Waals surface area contributed by atoms with Gasteiger partial charge in [-0.3, -0.25) is 0 Å². The summed E-state index contributed by atoms with van der Waals surface area (Å²) in [6.45, 7) is 8.13. The van der Waals surface area contributed by atoms with Gasteiger partial charge >= 0.3 is 0 Å². The van der Waals surface area contributed by atoms with Crippen LogP contribution in [0.3, 0.4) is 0 Å². The molecule has 4 rings (SSSR count). The van der Waals surface area contributed by atoms with E-state index in [4.69, 9.17) is 16.3 Å². The summed E-state index contributed by atoms with van der Waals surface area (Å²) in [5, 5.41) is 14.4. The number of para-hydroxylation sites is 1. The summed E-state index contributed by atoms with van der Waals surface area (Å²) < 4.78 is 31.3. The van der Waals surface area contributed by atoms with E-state index in [2.05, 4.69) is 37.6 Å². The molecule has 1 radical (unpaired) electrons. The van der Waals surface area contributed by atoms with Crippen molar-refractivity contribution in [3.8, 4) is 5.75 Å². The molecule has 2 aromatic carbocycles. The minimum atomic E-state index is -3.55. The summed E-state index contributed by atoms with van der Waals surface area (Å²) in [6, 6.07) is 12.2. The van der Waals surface area contributed by atoms with Crippen LogP contribution in [0.5, 0.6) is 5.75 Å². The zero-order valence-electron chi connectivity index (χ0n) is 21.8. The normalized spacial score (nSPS) is 15.9. The fourth-order valence-corrected chi connectivity index (χ4v) is 8.23. The Morgan fingerprint density at radius 1 is 1.11 bits per heavy atom. The zero-order valence-corrected chi connectivity index (χ0v) is 24.3. The van der Waals surface area contributed by atoms with Gasteiger partial charge < -0.3 is 25.2 Å². The Morgan fingerprint density at radius 2 is 1.82 bits per heavy atom. The molecule has 205 valence electrons. The number of methoxy groups -OCH3 is 1. The van der Waals surface area contributed by atoms with E-state index in [1.54, 1.807) is 39.2 Å². The SMILES string of the molecule is CCN1CC[P](O)(c2ccc(Nc3nnc(Cl)c(Nc4ccccc4S(=O)(=O)C(C)C)n3)c(OC)c2)CC1. The molecule has 1 aliphatic rings. The largest absolute Gasteiger partial charge is 0.495 e. The van der Waals surface area contributed by atoms with E-state index >= 15 is 0 Å². The predicted molar refractivity (Wildman–Crippen MR) is 154 cm³/mol. The number of hydrogen-bond donors (Lipinski definition) is 3. The smallest absolute Gasteiger partial charge is 0.249 e. The second-order valence-corrected chi connectivity index (χ2v) is 15.4. The van der Waals surface area contributed by atoms with Crippen LogP contribution >= 0.6 is 19.1 Å². The third-order valence-electron chi connectivity index (χ3n) is 6.64. The number of aromatic nitrogens is 3. The Bertz CT molecular complexity index is 1400. The Morgan fingerprint density at radius 3 is 2.47 bits per heavy atom. The van der Waals surface area contributed by atoms with Gasteiger partial charge in [-0.25, -0.2) is 8.42 Å². The monoisotopic (exact) mass is 579 g/mol. The summed E-state index contributed by atoms with van der Waals surface area (Å²) in [7, 11) is -4.25. The van der Waals surface area contributed by atoms with Crippen molar-refractivity contribution in [3.05, 3.63) is 47.6 Å². The summed E-state index contributed by atoms with van der Waals surface area (Å²) in [5.41, 5.74) is 0.927. The molecule has 0 aliphatic carbocycles. The minimum absolute atomic E-state index is 0.0138. The van der Waals surface area contributed by atoms with Crippen molar-refractivity contribution >= 4 is 57.4 Å². The van der Waals surface area contributed by atoms with Crippen molar-refractivity contribution in [1.29, 1.82) is 0 Å². The number of rotatable bonds is 9. The molecule has 0 spiro atoms. The van der Waals surface area contributed by atoms with Gasteiger partial charge in [-0.05, 0) is 44.7 Å². The van der Waals surface area contributed by atoms with Crippen LogP contribution in [-0.4, -0.2) is 77.7 Å². The number of ether oxygens (including phenoxy) is 1. The molecule has 2 heterocycles. The Labute approximate surface area is 229 Å². The van der Waals surface area contributed by atoms with Gasteiger partial charge in [-0.1, -0.05) is 36.7 Å². The lowest BCUT2D eigenvalue weighted by Crippen LogP contribution is -2.39. The summed E-state index contributed by atoms with van der Waals surface area (Å²) in [5.74, 6) is 0.821. The number of sulfone groups is 1. The number of nitrogens with one attached hydrogen (secondary N) is 2. The van der Waals surface area contributed by atoms with Gasteiger partial charge in [0.15, 0.2) is 20.8 Å². The van der Waals surface area contributed by atoms with E-state index in [0.717, 1.165) is 37.3 Å². The summed E-state index contributed by atoms with van der Waals surface area (Å²) in [6.07, 6.45) is 1.51. The van der Waals surface area contributed by atoms with Crippen molar-refractivity contribution < 1.29 is 18.0 Å². The topological polar surface area (TPSA) is 130 Å². The van der Waals surface area contributed by atoms with Crippen molar-refractivity contribution in [2.75, 3.05) is 49.7 Å². The first-order valence-electron chi connectivity index (χ1n) is 12.4. The van der Waals surface area contributed by atoms with Crippen LogP contribution in [0, 0.1) is 0 Å². The van der Waals surface area contributed by atoms with Gasteiger partial charge in [-0.15, -0.1) is 10.2 Å². The van der Waals surface area contributed by atoms with E-state index in [1.807, 2.05) is 18.2 Å². The van der Waals surface area contributed by atoms with Gasteiger partial charge in [0.1, 0.15) is 5.75 Å². The van der Waals surface area contributed by atoms with Crippen LogP contribution in [-0.2, 0) is 9.84 Å². The van der Waals surface area contributed by atoms with Crippen LogP contribution in [0.2, 0.25) is 5.15 Å². The maximum absolute atomic E-state index is 12.8. The van der Waals surface area contributed by atoms with Gasteiger partial charge in [0.2, 0.25) is 5.95 Å². The molecule has 13 heteroatoms. The third-order valence-corrected chi connectivity index (χ3v) is 12.2. The van der Waals surface area contributed by atoms with E-state index in [0.29, 0.717) is 17.1 Å². The molecular formula is C25H33ClN6O4PS. The molecular weight excluding hydrogens is 547 g/mol. The fourth-order valence-electron chi connectivity index (χ4n) is 4.22. The van der Waals surface area contributed by atoms with E-state index in [-0.39, 0.29) is 21.8 Å². The lowest BCUT2D eigenvalue weighted by Gasteiger charge is -2.39. The van der Waals surface area contributed by atoms with Crippen molar-refractivity contribution in [3.63, 3.8) is 0 Å². The molecule has 1 aliphatic heterocycles. The van der Waals surface area contributed by atoms with Gasteiger partial charge in [0.25, 0.3) is 0 Å². The molecule has 10 nitrogen and oxygen atoms in total. The van der Waals surface area contributed by atoms with Crippen LogP contribution in [0.15, 0.2) is 47.4 Å². The van der Waals surface area contributed by atoms with E-state index in [9.17, 15) is 13.3 Å². The number of benzene rings is 2.